The van der Waals surface area contributed by atoms with Crippen LogP contribution < -0.4 is 15.1 Å². The summed E-state index contributed by atoms with van der Waals surface area (Å²) in [5.41, 5.74) is 2.67. The molecule has 1 aromatic heterocycles. The van der Waals surface area contributed by atoms with Gasteiger partial charge < -0.3 is 9.15 Å². The quantitative estimate of drug-likeness (QED) is 0.197. The molecule has 9 heteroatoms. The van der Waals surface area contributed by atoms with Crippen molar-refractivity contribution in [3.05, 3.63) is 68.5 Å². The van der Waals surface area contributed by atoms with E-state index in [4.69, 9.17) is 20.8 Å². The lowest BCUT2D eigenvalue weighted by molar-refractivity contribution is -0.134. The highest BCUT2D eigenvalue weighted by Gasteiger charge is 2.21. The first-order valence-corrected chi connectivity index (χ1v) is 13.2. The molecule has 0 aliphatic heterocycles. The standard InChI is InChI=1S/C25H26ClNO6S/c1-16-9-11-17(12-10-16)34(30,31)27-13-4-2-3-8-24(28)32-23-15-22-20(14-21(23)26)18-6-5-7-19(18)25(29)33-22/h9-12,14-15,27H,2-8,13H2,1H3. The maximum Gasteiger partial charge on any atom is 0.339 e. The predicted octanol–water partition coefficient (Wildman–Crippen LogP) is 4.69. The summed E-state index contributed by atoms with van der Waals surface area (Å²) in [6.07, 6.45) is 4.35. The molecule has 1 N–H and O–H groups in total. The summed E-state index contributed by atoms with van der Waals surface area (Å²) >= 11 is 6.33. The molecule has 34 heavy (non-hydrogen) atoms. The van der Waals surface area contributed by atoms with Crippen LogP contribution in [0.15, 0.2) is 50.5 Å². The molecule has 0 unspecified atom stereocenters. The van der Waals surface area contributed by atoms with Gasteiger partial charge in [-0.3, -0.25) is 4.79 Å². The molecule has 0 atom stereocenters. The zero-order valence-corrected chi connectivity index (χ0v) is 20.4. The Morgan fingerprint density at radius 3 is 2.59 bits per heavy atom. The highest BCUT2D eigenvalue weighted by Crippen LogP contribution is 2.34. The van der Waals surface area contributed by atoms with Crippen LogP contribution in [0.3, 0.4) is 0 Å². The molecule has 180 valence electrons. The summed E-state index contributed by atoms with van der Waals surface area (Å²) in [5, 5.41) is 1.07. The number of benzene rings is 2. The number of hydrogen-bond donors (Lipinski definition) is 1. The van der Waals surface area contributed by atoms with E-state index >= 15 is 0 Å². The Balaban J connectivity index is 1.26. The number of unbranched alkanes of at least 4 members (excludes halogenated alkanes) is 2. The summed E-state index contributed by atoms with van der Waals surface area (Å²) in [5.74, 6) is -0.295. The minimum absolute atomic E-state index is 0.158. The number of esters is 1. The van der Waals surface area contributed by atoms with Crippen molar-refractivity contribution in [1.82, 2.24) is 4.72 Å². The van der Waals surface area contributed by atoms with Crippen LogP contribution in [0, 0.1) is 6.92 Å². The Labute approximate surface area is 203 Å². The van der Waals surface area contributed by atoms with Gasteiger partial charge in [0.25, 0.3) is 0 Å². The van der Waals surface area contributed by atoms with Crippen LogP contribution in [0.4, 0.5) is 0 Å². The molecule has 4 rings (SSSR count). The fourth-order valence-electron chi connectivity index (χ4n) is 4.11. The summed E-state index contributed by atoms with van der Waals surface area (Å²) in [4.78, 5) is 24.7. The van der Waals surface area contributed by atoms with Crippen LogP contribution in [0.1, 0.15) is 48.8 Å². The number of hydrogen-bond acceptors (Lipinski definition) is 6. The van der Waals surface area contributed by atoms with Gasteiger partial charge in [-0.15, -0.1) is 0 Å². The molecule has 0 fully saturated rings. The molecule has 1 heterocycles. The number of carbonyl (C=O) groups is 1. The topological polar surface area (TPSA) is 103 Å². The van der Waals surface area contributed by atoms with E-state index in [0.717, 1.165) is 29.4 Å². The number of rotatable bonds is 9. The van der Waals surface area contributed by atoms with Gasteiger partial charge in [-0.1, -0.05) is 35.7 Å². The maximum atomic E-state index is 12.3. The van der Waals surface area contributed by atoms with E-state index in [0.29, 0.717) is 36.8 Å². The normalized spacial score (nSPS) is 13.2. The molecule has 0 saturated heterocycles. The Hall–Kier alpha value is -2.68. The van der Waals surface area contributed by atoms with Gasteiger partial charge in [-0.2, -0.15) is 0 Å². The fourth-order valence-corrected chi connectivity index (χ4v) is 5.39. The van der Waals surface area contributed by atoms with Crippen molar-refractivity contribution in [2.24, 2.45) is 0 Å². The highest BCUT2D eigenvalue weighted by atomic mass is 35.5. The average Bonchev–Trinajstić information content (AvgIpc) is 3.29. The lowest BCUT2D eigenvalue weighted by Gasteiger charge is -2.10. The molecular weight excluding hydrogens is 478 g/mol. The van der Waals surface area contributed by atoms with Gasteiger partial charge in [-0.25, -0.2) is 17.9 Å². The molecule has 0 saturated carbocycles. The zero-order valence-electron chi connectivity index (χ0n) is 18.9. The smallest absolute Gasteiger partial charge is 0.339 e. The van der Waals surface area contributed by atoms with Gasteiger partial charge in [0, 0.05) is 30.0 Å². The fraction of sp³-hybridized carbons (Fsp3) is 0.360. The van der Waals surface area contributed by atoms with E-state index in [1.54, 1.807) is 30.3 Å². The average molecular weight is 504 g/mol. The Kier molecular flexibility index (Phi) is 7.40. The minimum atomic E-state index is -3.54. The van der Waals surface area contributed by atoms with Crippen molar-refractivity contribution < 1.29 is 22.4 Å². The number of halogens is 1. The number of nitrogens with one attached hydrogen (secondary N) is 1. The number of carbonyl (C=O) groups excluding carboxylic acids is 1. The molecule has 0 bridgehead atoms. The van der Waals surface area contributed by atoms with E-state index in [-0.39, 0.29) is 34.3 Å². The molecule has 3 aromatic rings. The number of aryl methyl sites for hydroxylation is 2. The van der Waals surface area contributed by atoms with Gasteiger partial charge in [0.2, 0.25) is 10.0 Å². The Morgan fingerprint density at radius 2 is 1.82 bits per heavy atom. The predicted molar refractivity (Wildman–Crippen MR) is 130 cm³/mol. The second-order valence-electron chi connectivity index (χ2n) is 8.47. The second kappa shape index (κ2) is 10.3. The van der Waals surface area contributed by atoms with Crippen molar-refractivity contribution in [2.75, 3.05) is 6.54 Å². The van der Waals surface area contributed by atoms with Crippen LogP contribution in [0.2, 0.25) is 5.02 Å². The van der Waals surface area contributed by atoms with Crippen LogP contribution in [0.5, 0.6) is 5.75 Å². The summed E-state index contributed by atoms with van der Waals surface area (Å²) in [7, 11) is -3.54. The van der Waals surface area contributed by atoms with Gasteiger partial charge in [0.1, 0.15) is 5.58 Å². The van der Waals surface area contributed by atoms with Crippen LogP contribution in [0.25, 0.3) is 11.0 Å². The first kappa shape index (κ1) is 24.4. The molecule has 7 nitrogen and oxygen atoms in total. The maximum absolute atomic E-state index is 12.3. The Bertz CT molecular complexity index is 1380. The van der Waals surface area contributed by atoms with Crippen molar-refractivity contribution in [3.8, 4) is 5.75 Å². The monoisotopic (exact) mass is 503 g/mol. The second-order valence-corrected chi connectivity index (χ2v) is 10.6. The molecule has 0 spiro atoms. The third-order valence-corrected chi connectivity index (χ3v) is 7.70. The molecule has 0 amide bonds. The van der Waals surface area contributed by atoms with Crippen LogP contribution in [-0.2, 0) is 27.7 Å². The molecule has 1 aliphatic carbocycles. The van der Waals surface area contributed by atoms with E-state index in [2.05, 4.69) is 4.72 Å². The molecular formula is C25H26ClNO6S. The highest BCUT2D eigenvalue weighted by molar-refractivity contribution is 7.89. The lowest BCUT2D eigenvalue weighted by atomic mass is 10.1. The summed E-state index contributed by atoms with van der Waals surface area (Å²) in [6.45, 7) is 2.18. The van der Waals surface area contributed by atoms with Gasteiger partial charge in [0.15, 0.2) is 5.75 Å². The lowest BCUT2D eigenvalue weighted by Crippen LogP contribution is -2.24. The van der Waals surface area contributed by atoms with E-state index < -0.39 is 16.0 Å². The van der Waals surface area contributed by atoms with Gasteiger partial charge in [-0.05, 0) is 62.8 Å². The van der Waals surface area contributed by atoms with Crippen molar-refractivity contribution >= 4 is 38.6 Å². The summed E-state index contributed by atoms with van der Waals surface area (Å²) < 4.78 is 37.9. The number of sulfonamides is 1. The van der Waals surface area contributed by atoms with Gasteiger partial charge >= 0.3 is 11.6 Å². The van der Waals surface area contributed by atoms with Crippen LogP contribution >= 0.6 is 11.6 Å². The first-order chi connectivity index (χ1) is 16.2. The first-order valence-electron chi connectivity index (χ1n) is 11.3. The zero-order chi connectivity index (χ0) is 24.3. The molecule has 0 radical (unpaired) electrons. The number of ether oxygens (including phenoxy) is 1. The number of fused-ring (bicyclic) bond motifs is 3. The van der Waals surface area contributed by atoms with Crippen LogP contribution in [-0.4, -0.2) is 20.9 Å². The van der Waals surface area contributed by atoms with Crippen molar-refractivity contribution in [3.63, 3.8) is 0 Å². The SMILES string of the molecule is Cc1ccc(S(=O)(=O)NCCCCCC(=O)Oc2cc3oc(=O)c4c(c3cc2Cl)CCC4)cc1. The minimum Gasteiger partial charge on any atom is -0.425 e. The third kappa shape index (κ3) is 5.51. The van der Waals surface area contributed by atoms with Crippen molar-refractivity contribution in [1.29, 1.82) is 0 Å². The summed E-state index contributed by atoms with van der Waals surface area (Å²) in [6, 6.07) is 9.83. The van der Waals surface area contributed by atoms with E-state index in [1.165, 1.54) is 6.07 Å². The third-order valence-electron chi connectivity index (χ3n) is 5.93. The van der Waals surface area contributed by atoms with Gasteiger partial charge in [0.05, 0.1) is 9.92 Å². The molecule has 2 aromatic carbocycles. The van der Waals surface area contributed by atoms with Crippen molar-refractivity contribution in [2.45, 2.75) is 56.8 Å². The Morgan fingerprint density at radius 1 is 1.09 bits per heavy atom. The largest absolute Gasteiger partial charge is 0.425 e. The molecule has 1 aliphatic rings. The van der Waals surface area contributed by atoms with E-state index in [9.17, 15) is 18.0 Å². The van der Waals surface area contributed by atoms with E-state index in [1.807, 2.05) is 6.92 Å².